The van der Waals surface area contributed by atoms with E-state index in [1.54, 1.807) is 6.20 Å². The van der Waals surface area contributed by atoms with Crippen LogP contribution < -0.4 is 5.32 Å². The number of rotatable bonds is 1. The first-order chi connectivity index (χ1) is 11.1. The first-order valence-corrected chi connectivity index (χ1v) is 8.41. The van der Waals surface area contributed by atoms with Crippen LogP contribution in [0.4, 0.5) is 0 Å². The van der Waals surface area contributed by atoms with Crippen molar-refractivity contribution in [1.29, 1.82) is 0 Å². The Balaban J connectivity index is 1.61. The molecule has 0 bridgehead atoms. The molecule has 2 amide bonds. The van der Waals surface area contributed by atoms with E-state index in [-0.39, 0.29) is 17.9 Å². The predicted octanol–water partition coefficient (Wildman–Crippen LogP) is 1.56. The fraction of sp³-hybridized carbons (Fsp3) is 0.375. The highest BCUT2D eigenvalue weighted by atomic mass is 79.9. The highest BCUT2D eigenvalue weighted by Gasteiger charge is 2.32. The van der Waals surface area contributed by atoms with Gasteiger partial charge in [-0.15, -0.1) is 0 Å². The molecule has 0 saturated carbocycles. The fourth-order valence-electron chi connectivity index (χ4n) is 3.20. The highest BCUT2D eigenvalue weighted by molar-refractivity contribution is 9.10. The van der Waals surface area contributed by atoms with Gasteiger partial charge in [-0.1, -0.05) is 0 Å². The Morgan fingerprint density at radius 3 is 3.00 bits per heavy atom. The predicted molar refractivity (Wildman–Crippen MR) is 87.5 cm³/mol. The largest absolute Gasteiger partial charge is 0.344 e. The number of pyridine rings is 2. The van der Waals surface area contributed by atoms with Gasteiger partial charge in [0.15, 0.2) is 5.65 Å². The molecule has 1 unspecified atom stereocenters. The molecule has 23 heavy (non-hydrogen) atoms. The van der Waals surface area contributed by atoms with E-state index in [2.05, 4.69) is 37.3 Å². The Bertz CT molecular complexity index is 823. The fourth-order valence-corrected chi connectivity index (χ4v) is 3.55. The van der Waals surface area contributed by atoms with Gasteiger partial charge in [-0.2, -0.15) is 0 Å². The van der Waals surface area contributed by atoms with E-state index in [4.69, 9.17) is 0 Å². The van der Waals surface area contributed by atoms with E-state index < -0.39 is 0 Å². The van der Waals surface area contributed by atoms with Gasteiger partial charge >= 0.3 is 0 Å². The number of amides is 2. The van der Waals surface area contributed by atoms with Crippen LogP contribution in [0.15, 0.2) is 22.8 Å². The van der Waals surface area contributed by atoms with Gasteiger partial charge in [0.05, 0.1) is 0 Å². The minimum Gasteiger partial charge on any atom is -0.344 e. The van der Waals surface area contributed by atoms with Crippen molar-refractivity contribution in [3.8, 4) is 0 Å². The molecule has 6 nitrogen and oxygen atoms in total. The Morgan fingerprint density at radius 2 is 2.22 bits per heavy atom. The molecule has 0 aliphatic carbocycles. The summed E-state index contributed by atoms with van der Waals surface area (Å²) >= 11 is 3.42. The molecule has 1 N–H and O–H groups in total. The SMILES string of the molecule is O=C1CCC(C(=O)N2CCc3nc4ncc(Br)cc4cc3C2)N1. The van der Waals surface area contributed by atoms with Gasteiger partial charge < -0.3 is 10.2 Å². The minimum atomic E-state index is -0.367. The number of fused-ring (bicyclic) bond motifs is 2. The summed E-state index contributed by atoms with van der Waals surface area (Å²) < 4.78 is 0.907. The van der Waals surface area contributed by atoms with Crippen molar-refractivity contribution in [2.45, 2.75) is 31.8 Å². The van der Waals surface area contributed by atoms with Crippen LogP contribution in [0.2, 0.25) is 0 Å². The number of halogens is 1. The van der Waals surface area contributed by atoms with Crippen molar-refractivity contribution in [1.82, 2.24) is 20.2 Å². The standard InChI is InChI=1S/C16H15BrN4O2/c17-11-6-9-5-10-8-21(16(23)13-1-2-14(22)19-13)4-3-12(10)20-15(9)18-7-11/h5-7,13H,1-4,8H2,(H,19,22). The molecule has 1 atom stereocenters. The van der Waals surface area contributed by atoms with E-state index in [1.807, 2.05) is 11.0 Å². The lowest BCUT2D eigenvalue weighted by molar-refractivity contribution is -0.135. The number of nitrogens with zero attached hydrogens (tertiary/aromatic N) is 3. The van der Waals surface area contributed by atoms with Gasteiger partial charge in [0, 0.05) is 47.7 Å². The van der Waals surface area contributed by atoms with Crippen molar-refractivity contribution in [3.05, 3.63) is 34.1 Å². The lowest BCUT2D eigenvalue weighted by Crippen LogP contribution is -2.46. The lowest BCUT2D eigenvalue weighted by Gasteiger charge is -2.30. The molecule has 2 aromatic heterocycles. The summed E-state index contributed by atoms with van der Waals surface area (Å²) in [6.07, 6.45) is 3.49. The minimum absolute atomic E-state index is 0.00830. The molecule has 1 saturated heterocycles. The summed E-state index contributed by atoms with van der Waals surface area (Å²) in [4.78, 5) is 34.6. The second-order valence-electron chi connectivity index (χ2n) is 5.96. The maximum Gasteiger partial charge on any atom is 0.245 e. The molecule has 4 heterocycles. The number of hydrogen-bond acceptors (Lipinski definition) is 4. The third kappa shape index (κ3) is 2.69. The summed E-state index contributed by atoms with van der Waals surface area (Å²) in [6, 6.07) is 3.67. The Morgan fingerprint density at radius 1 is 1.35 bits per heavy atom. The Kier molecular flexibility index (Phi) is 3.52. The van der Waals surface area contributed by atoms with Gasteiger partial charge in [0.2, 0.25) is 11.8 Å². The van der Waals surface area contributed by atoms with E-state index in [0.717, 1.165) is 33.2 Å². The third-order valence-corrected chi connectivity index (χ3v) is 4.82. The van der Waals surface area contributed by atoms with Crippen molar-refractivity contribution < 1.29 is 9.59 Å². The van der Waals surface area contributed by atoms with Crippen molar-refractivity contribution in [3.63, 3.8) is 0 Å². The van der Waals surface area contributed by atoms with Crippen LogP contribution >= 0.6 is 15.9 Å². The number of aromatic nitrogens is 2. The normalized spacial score (nSPS) is 20.5. The summed E-state index contributed by atoms with van der Waals surface area (Å²) in [5.74, 6) is -0.0293. The zero-order chi connectivity index (χ0) is 16.0. The van der Waals surface area contributed by atoms with Gasteiger partial charge in [-0.05, 0) is 40.0 Å². The molecule has 1 fully saturated rings. The first-order valence-electron chi connectivity index (χ1n) is 7.62. The smallest absolute Gasteiger partial charge is 0.245 e. The average Bonchev–Trinajstić information content (AvgIpc) is 2.98. The Labute approximate surface area is 141 Å². The molecule has 2 aliphatic heterocycles. The van der Waals surface area contributed by atoms with Crippen LogP contribution in [0.1, 0.15) is 24.1 Å². The molecule has 4 rings (SSSR count). The van der Waals surface area contributed by atoms with Crippen LogP contribution in [-0.4, -0.2) is 39.3 Å². The van der Waals surface area contributed by atoms with Crippen molar-refractivity contribution in [2.24, 2.45) is 0 Å². The second-order valence-corrected chi connectivity index (χ2v) is 6.88. The summed E-state index contributed by atoms with van der Waals surface area (Å²) in [7, 11) is 0. The van der Waals surface area contributed by atoms with Gasteiger partial charge in [0.25, 0.3) is 0 Å². The van der Waals surface area contributed by atoms with Crippen LogP contribution in [-0.2, 0) is 22.6 Å². The zero-order valence-corrected chi connectivity index (χ0v) is 14.0. The molecule has 7 heteroatoms. The molecule has 0 aromatic carbocycles. The molecular weight excluding hydrogens is 360 g/mol. The maximum atomic E-state index is 12.5. The van der Waals surface area contributed by atoms with Crippen LogP contribution in [0.3, 0.4) is 0 Å². The summed E-state index contributed by atoms with van der Waals surface area (Å²) in [6.45, 7) is 1.17. The average molecular weight is 375 g/mol. The Hall–Kier alpha value is -2.02. The molecule has 0 radical (unpaired) electrons. The first kappa shape index (κ1) is 14.6. The van der Waals surface area contributed by atoms with Crippen LogP contribution in [0.5, 0.6) is 0 Å². The zero-order valence-electron chi connectivity index (χ0n) is 12.4. The molecule has 2 aliphatic rings. The topological polar surface area (TPSA) is 75.2 Å². The van der Waals surface area contributed by atoms with Crippen LogP contribution in [0, 0.1) is 0 Å². The van der Waals surface area contributed by atoms with Gasteiger partial charge in [-0.3, -0.25) is 9.59 Å². The third-order valence-electron chi connectivity index (χ3n) is 4.39. The molecular formula is C16H15BrN4O2. The molecule has 2 aromatic rings. The maximum absolute atomic E-state index is 12.5. The monoisotopic (exact) mass is 374 g/mol. The van der Waals surface area contributed by atoms with Crippen LogP contribution in [0.25, 0.3) is 11.0 Å². The molecule has 118 valence electrons. The number of carbonyl (C=O) groups excluding carboxylic acids is 2. The van der Waals surface area contributed by atoms with E-state index in [0.29, 0.717) is 25.9 Å². The number of hydrogen-bond donors (Lipinski definition) is 1. The number of carbonyl (C=O) groups is 2. The number of nitrogens with one attached hydrogen (secondary N) is 1. The second kappa shape index (κ2) is 5.56. The van der Waals surface area contributed by atoms with Crippen molar-refractivity contribution in [2.75, 3.05) is 6.54 Å². The quantitative estimate of drug-likeness (QED) is 0.821. The van der Waals surface area contributed by atoms with E-state index >= 15 is 0 Å². The summed E-state index contributed by atoms with van der Waals surface area (Å²) in [5.41, 5.74) is 2.79. The van der Waals surface area contributed by atoms with E-state index in [9.17, 15) is 9.59 Å². The molecule has 0 spiro atoms. The van der Waals surface area contributed by atoms with Crippen molar-refractivity contribution >= 4 is 38.8 Å². The summed E-state index contributed by atoms with van der Waals surface area (Å²) in [5, 5.41) is 3.71. The highest BCUT2D eigenvalue weighted by Crippen LogP contribution is 2.24. The van der Waals surface area contributed by atoms with Gasteiger partial charge in [0.1, 0.15) is 6.04 Å². The van der Waals surface area contributed by atoms with E-state index in [1.165, 1.54) is 0 Å². The lowest BCUT2D eigenvalue weighted by atomic mass is 10.0. The van der Waals surface area contributed by atoms with Gasteiger partial charge in [-0.25, -0.2) is 9.97 Å².